The highest BCUT2D eigenvalue weighted by Gasteiger charge is 2.12. The number of carbonyl (C=O) groups excluding carboxylic acids is 1. The Kier molecular flexibility index (Phi) is 4.68. The lowest BCUT2D eigenvalue weighted by Gasteiger charge is -2.18. The van der Waals surface area contributed by atoms with E-state index in [0.717, 1.165) is 11.3 Å². The molecule has 110 valence electrons. The van der Waals surface area contributed by atoms with Gasteiger partial charge in [-0.15, -0.1) is 0 Å². The van der Waals surface area contributed by atoms with Gasteiger partial charge in [-0.25, -0.2) is 4.68 Å². The molecule has 1 amide bonds. The third-order valence-electron chi connectivity index (χ3n) is 2.85. The number of carboxylic acids is 1. The minimum absolute atomic E-state index is 0.0901. The van der Waals surface area contributed by atoms with Gasteiger partial charge in [0.1, 0.15) is 0 Å². The summed E-state index contributed by atoms with van der Waals surface area (Å²) in [5.41, 5.74) is 6.93. The molecule has 0 bridgehead atoms. The van der Waals surface area contributed by atoms with Gasteiger partial charge in [0.2, 0.25) is 5.91 Å². The number of hydrogen-bond acceptors (Lipinski definition) is 4. The number of carboxylic acid groups (broad SMARTS) is 1. The Bertz CT molecular complexity index is 592. The van der Waals surface area contributed by atoms with Gasteiger partial charge in [-0.1, -0.05) is 12.1 Å². The van der Waals surface area contributed by atoms with E-state index in [-0.39, 0.29) is 13.1 Å². The average Bonchev–Trinajstić information content (AvgIpc) is 2.91. The number of aromatic nitrogens is 2. The van der Waals surface area contributed by atoms with E-state index in [4.69, 9.17) is 10.8 Å². The summed E-state index contributed by atoms with van der Waals surface area (Å²) in [4.78, 5) is 23.2. The predicted molar refractivity (Wildman–Crippen MR) is 75.7 cm³/mol. The lowest BCUT2D eigenvalue weighted by Crippen LogP contribution is -2.36. The Morgan fingerprint density at radius 2 is 1.95 bits per heavy atom. The van der Waals surface area contributed by atoms with Crippen LogP contribution >= 0.6 is 0 Å². The second kappa shape index (κ2) is 6.67. The zero-order valence-electron chi connectivity index (χ0n) is 11.3. The minimum atomic E-state index is -0.996. The summed E-state index contributed by atoms with van der Waals surface area (Å²) in [5.74, 6) is -1.55. The van der Waals surface area contributed by atoms with Gasteiger partial charge in [0.05, 0.1) is 18.8 Å². The minimum Gasteiger partial charge on any atom is -0.480 e. The summed E-state index contributed by atoms with van der Waals surface area (Å²) in [5, 5.41) is 13.0. The number of rotatable bonds is 7. The van der Waals surface area contributed by atoms with Crippen LogP contribution in [0.25, 0.3) is 5.69 Å². The van der Waals surface area contributed by atoms with Crippen LogP contribution < -0.4 is 5.73 Å². The highest BCUT2D eigenvalue weighted by molar-refractivity contribution is 5.77. The van der Waals surface area contributed by atoms with Crippen molar-refractivity contribution in [3.63, 3.8) is 0 Å². The van der Waals surface area contributed by atoms with Crippen LogP contribution in [-0.2, 0) is 16.1 Å². The van der Waals surface area contributed by atoms with E-state index >= 15 is 0 Å². The van der Waals surface area contributed by atoms with Crippen molar-refractivity contribution in [1.29, 1.82) is 0 Å². The summed E-state index contributed by atoms with van der Waals surface area (Å²) < 4.78 is 1.72. The summed E-state index contributed by atoms with van der Waals surface area (Å²) in [6, 6.07) is 9.33. The fourth-order valence-electron chi connectivity index (χ4n) is 2.01. The van der Waals surface area contributed by atoms with E-state index in [1.807, 2.05) is 36.5 Å². The number of nitrogens with two attached hydrogens (primary N) is 1. The maximum atomic E-state index is 11.0. The molecule has 0 saturated heterocycles. The molecular weight excluding hydrogens is 272 g/mol. The van der Waals surface area contributed by atoms with Crippen molar-refractivity contribution in [1.82, 2.24) is 14.7 Å². The number of amides is 1. The summed E-state index contributed by atoms with van der Waals surface area (Å²) in [6.45, 7) is 0.0195. The topological polar surface area (TPSA) is 101 Å². The molecule has 0 saturated carbocycles. The SMILES string of the molecule is NC(=O)CN(CC(=O)O)Cc1ccc(-n2cccn2)cc1. The van der Waals surface area contributed by atoms with Crippen molar-refractivity contribution in [2.24, 2.45) is 5.73 Å². The van der Waals surface area contributed by atoms with Crippen LogP contribution in [0.4, 0.5) is 0 Å². The van der Waals surface area contributed by atoms with Crippen molar-refractivity contribution in [2.75, 3.05) is 13.1 Å². The third-order valence-corrected chi connectivity index (χ3v) is 2.85. The zero-order chi connectivity index (χ0) is 15.2. The van der Waals surface area contributed by atoms with E-state index in [2.05, 4.69) is 5.10 Å². The Morgan fingerprint density at radius 1 is 1.24 bits per heavy atom. The molecule has 7 nitrogen and oxygen atoms in total. The number of aliphatic carboxylic acids is 1. The van der Waals surface area contributed by atoms with E-state index < -0.39 is 11.9 Å². The summed E-state index contributed by atoms with van der Waals surface area (Å²) in [6.07, 6.45) is 3.52. The number of carbonyl (C=O) groups is 2. The van der Waals surface area contributed by atoms with Crippen LogP contribution in [0, 0.1) is 0 Å². The van der Waals surface area contributed by atoms with Gasteiger partial charge >= 0.3 is 5.97 Å². The van der Waals surface area contributed by atoms with Gasteiger partial charge in [-0.2, -0.15) is 5.10 Å². The maximum absolute atomic E-state index is 11.0. The second-order valence-corrected chi connectivity index (χ2v) is 4.62. The fraction of sp³-hybridized carbons (Fsp3) is 0.214. The molecule has 0 fully saturated rings. The van der Waals surface area contributed by atoms with Crippen LogP contribution in [0.15, 0.2) is 42.7 Å². The van der Waals surface area contributed by atoms with Crippen molar-refractivity contribution < 1.29 is 14.7 Å². The van der Waals surface area contributed by atoms with Gasteiger partial charge in [0, 0.05) is 18.9 Å². The van der Waals surface area contributed by atoms with E-state index in [1.165, 1.54) is 4.90 Å². The van der Waals surface area contributed by atoms with Gasteiger partial charge in [0.25, 0.3) is 0 Å². The van der Waals surface area contributed by atoms with Gasteiger partial charge < -0.3 is 10.8 Å². The molecule has 2 rings (SSSR count). The molecule has 3 N–H and O–H groups in total. The molecule has 0 aliphatic carbocycles. The fourth-order valence-corrected chi connectivity index (χ4v) is 2.01. The largest absolute Gasteiger partial charge is 0.480 e. The number of benzene rings is 1. The highest BCUT2D eigenvalue weighted by Crippen LogP contribution is 2.10. The number of hydrogen-bond donors (Lipinski definition) is 2. The molecule has 1 aromatic heterocycles. The molecule has 0 unspecified atom stereocenters. The van der Waals surface area contributed by atoms with Crippen LogP contribution in [0.5, 0.6) is 0 Å². The molecule has 0 spiro atoms. The van der Waals surface area contributed by atoms with E-state index in [0.29, 0.717) is 6.54 Å². The quantitative estimate of drug-likeness (QED) is 0.760. The standard InChI is InChI=1S/C14H16N4O3/c15-13(19)9-17(10-14(20)21)8-11-2-4-12(5-3-11)18-7-1-6-16-18/h1-7H,8-10H2,(H2,15,19)(H,20,21). The molecular formula is C14H16N4O3. The third kappa shape index (κ3) is 4.43. The lowest BCUT2D eigenvalue weighted by molar-refractivity contribution is -0.138. The molecule has 0 radical (unpaired) electrons. The normalized spacial score (nSPS) is 10.7. The number of nitrogens with zero attached hydrogens (tertiary/aromatic N) is 3. The van der Waals surface area contributed by atoms with Crippen LogP contribution in [-0.4, -0.2) is 44.8 Å². The monoisotopic (exact) mass is 288 g/mol. The Hall–Kier alpha value is -2.67. The Balaban J connectivity index is 2.06. The molecule has 21 heavy (non-hydrogen) atoms. The molecule has 1 aromatic carbocycles. The van der Waals surface area contributed by atoms with Crippen LogP contribution in [0.1, 0.15) is 5.56 Å². The first-order valence-corrected chi connectivity index (χ1v) is 6.36. The number of primary amides is 1. The second-order valence-electron chi connectivity index (χ2n) is 4.62. The lowest BCUT2D eigenvalue weighted by atomic mass is 10.2. The van der Waals surface area contributed by atoms with E-state index in [1.54, 1.807) is 10.9 Å². The van der Waals surface area contributed by atoms with Crippen molar-refractivity contribution in [3.05, 3.63) is 48.3 Å². The molecule has 7 heteroatoms. The highest BCUT2D eigenvalue weighted by atomic mass is 16.4. The molecule has 0 atom stereocenters. The first-order valence-electron chi connectivity index (χ1n) is 6.36. The van der Waals surface area contributed by atoms with Gasteiger partial charge in [0.15, 0.2) is 0 Å². The molecule has 0 aliphatic heterocycles. The first kappa shape index (κ1) is 14.7. The smallest absolute Gasteiger partial charge is 0.317 e. The Labute approximate surface area is 121 Å². The van der Waals surface area contributed by atoms with Crippen LogP contribution in [0.2, 0.25) is 0 Å². The van der Waals surface area contributed by atoms with Crippen molar-refractivity contribution >= 4 is 11.9 Å². The zero-order valence-corrected chi connectivity index (χ0v) is 11.3. The summed E-state index contributed by atoms with van der Waals surface area (Å²) >= 11 is 0. The van der Waals surface area contributed by atoms with Crippen molar-refractivity contribution in [2.45, 2.75) is 6.54 Å². The van der Waals surface area contributed by atoms with Crippen molar-refractivity contribution in [3.8, 4) is 5.69 Å². The van der Waals surface area contributed by atoms with Crippen LogP contribution in [0.3, 0.4) is 0 Å². The predicted octanol–water partition coefficient (Wildman–Crippen LogP) is 0.244. The van der Waals surface area contributed by atoms with Gasteiger partial charge in [-0.05, 0) is 23.8 Å². The maximum Gasteiger partial charge on any atom is 0.317 e. The summed E-state index contributed by atoms with van der Waals surface area (Å²) in [7, 11) is 0. The van der Waals surface area contributed by atoms with Gasteiger partial charge in [-0.3, -0.25) is 14.5 Å². The average molecular weight is 288 g/mol. The molecule has 1 heterocycles. The molecule has 2 aromatic rings. The first-order chi connectivity index (χ1) is 10.0. The molecule has 0 aliphatic rings. The Morgan fingerprint density at radius 3 is 2.48 bits per heavy atom. The van der Waals surface area contributed by atoms with E-state index in [9.17, 15) is 9.59 Å².